The van der Waals surface area contributed by atoms with Gasteiger partial charge in [0.25, 0.3) is 0 Å². The second-order valence-electron chi connectivity index (χ2n) is 2.65. The van der Waals surface area contributed by atoms with E-state index in [4.69, 9.17) is 10.2 Å². The van der Waals surface area contributed by atoms with Crippen molar-refractivity contribution in [1.29, 1.82) is 0 Å². The molecule has 0 saturated heterocycles. The van der Waals surface area contributed by atoms with Crippen LogP contribution in [-0.2, 0) is 5.75 Å². The summed E-state index contributed by atoms with van der Waals surface area (Å²) in [6.07, 6.45) is 3.12. The van der Waals surface area contributed by atoms with Crippen molar-refractivity contribution < 1.29 is 4.42 Å². The molecule has 2 heterocycles. The molecule has 72 valence electrons. The molecule has 0 amide bonds. The molecule has 2 N–H and O–H groups in total. The van der Waals surface area contributed by atoms with Crippen LogP contribution in [0.2, 0.25) is 0 Å². The largest absolute Gasteiger partial charge is 0.468 e. The highest BCUT2D eigenvalue weighted by atomic mass is 32.2. The molecule has 0 atom stereocenters. The Kier molecular flexibility index (Phi) is 2.69. The first kappa shape index (κ1) is 9.08. The Hall–Kier alpha value is -1.49. The number of hydrogen-bond acceptors (Lipinski definition) is 5. The van der Waals surface area contributed by atoms with Gasteiger partial charge in [-0.15, -0.1) is 0 Å². The minimum Gasteiger partial charge on any atom is -0.468 e. The van der Waals surface area contributed by atoms with Gasteiger partial charge in [-0.05, 0) is 12.1 Å². The molecule has 0 radical (unpaired) electrons. The van der Waals surface area contributed by atoms with E-state index in [0.717, 1.165) is 16.5 Å². The Morgan fingerprint density at radius 1 is 1.43 bits per heavy atom. The summed E-state index contributed by atoms with van der Waals surface area (Å²) in [5, 5.41) is 0.855. The van der Waals surface area contributed by atoms with E-state index in [0.29, 0.717) is 5.82 Å². The molecule has 2 aromatic rings. The summed E-state index contributed by atoms with van der Waals surface area (Å²) < 4.78 is 5.19. The average Bonchev–Trinajstić information content (AvgIpc) is 2.67. The number of rotatable bonds is 3. The number of nitrogens with zero attached hydrogens (tertiary/aromatic N) is 2. The maximum Gasteiger partial charge on any atom is 0.127 e. The molecule has 2 rings (SSSR count). The zero-order valence-corrected chi connectivity index (χ0v) is 8.20. The van der Waals surface area contributed by atoms with Crippen LogP contribution in [0.3, 0.4) is 0 Å². The highest BCUT2D eigenvalue weighted by molar-refractivity contribution is 7.98. The molecule has 0 aliphatic rings. The molecular formula is C9H9N3OS. The maximum absolute atomic E-state index is 5.52. The topological polar surface area (TPSA) is 64.9 Å². The molecule has 0 bridgehead atoms. The summed E-state index contributed by atoms with van der Waals surface area (Å²) in [7, 11) is 0. The first-order valence-corrected chi connectivity index (χ1v) is 5.06. The van der Waals surface area contributed by atoms with Gasteiger partial charge in [0.2, 0.25) is 0 Å². The second-order valence-corrected chi connectivity index (χ2v) is 3.64. The van der Waals surface area contributed by atoms with Crippen molar-refractivity contribution in [3.05, 3.63) is 36.5 Å². The third kappa shape index (κ3) is 2.26. The Morgan fingerprint density at radius 3 is 3.07 bits per heavy atom. The van der Waals surface area contributed by atoms with Crippen LogP contribution in [0.5, 0.6) is 0 Å². The van der Waals surface area contributed by atoms with Gasteiger partial charge in [0.05, 0.1) is 12.0 Å². The van der Waals surface area contributed by atoms with Crippen molar-refractivity contribution in [3.63, 3.8) is 0 Å². The lowest BCUT2D eigenvalue weighted by Crippen LogP contribution is -1.91. The highest BCUT2D eigenvalue weighted by Crippen LogP contribution is 2.21. The smallest absolute Gasteiger partial charge is 0.127 e. The van der Waals surface area contributed by atoms with E-state index < -0.39 is 0 Å². The predicted octanol–water partition coefficient (Wildman–Crippen LogP) is 1.94. The number of nitrogens with two attached hydrogens (primary N) is 1. The second kappa shape index (κ2) is 4.15. The summed E-state index contributed by atoms with van der Waals surface area (Å²) in [4.78, 5) is 7.88. The third-order valence-corrected chi connectivity index (χ3v) is 2.55. The fourth-order valence-corrected chi connectivity index (χ4v) is 1.75. The van der Waals surface area contributed by atoms with Crippen molar-refractivity contribution in [2.45, 2.75) is 10.8 Å². The van der Waals surface area contributed by atoms with Gasteiger partial charge in [0.1, 0.15) is 22.9 Å². The Balaban J connectivity index is 1.98. The normalized spacial score (nSPS) is 10.3. The molecule has 0 fully saturated rings. The predicted molar refractivity (Wildman–Crippen MR) is 54.7 cm³/mol. The van der Waals surface area contributed by atoms with E-state index in [1.54, 1.807) is 24.1 Å². The fourth-order valence-electron chi connectivity index (χ4n) is 0.972. The summed E-state index contributed by atoms with van der Waals surface area (Å²) in [5.74, 6) is 2.16. The number of anilines is 1. The number of furan rings is 1. The number of thioether (sulfide) groups is 1. The molecular weight excluding hydrogens is 198 g/mol. The molecule has 0 aliphatic carbocycles. The van der Waals surface area contributed by atoms with Gasteiger partial charge in [0.15, 0.2) is 0 Å². The van der Waals surface area contributed by atoms with Gasteiger partial charge in [-0.2, -0.15) is 0 Å². The van der Waals surface area contributed by atoms with Crippen LogP contribution in [-0.4, -0.2) is 9.97 Å². The van der Waals surface area contributed by atoms with Crippen LogP contribution in [0, 0.1) is 0 Å². The van der Waals surface area contributed by atoms with E-state index >= 15 is 0 Å². The zero-order chi connectivity index (χ0) is 9.80. The summed E-state index contributed by atoms with van der Waals surface area (Å²) >= 11 is 1.57. The standard InChI is InChI=1S/C9H9N3OS/c10-8-4-9(12-6-11-8)14-5-7-2-1-3-13-7/h1-4,6H,5H2,(H2,10,11,12). The monoisotopic (exact) mass is 207 g/mol. The molecule has 14 heavy (non-hydrogen) atoms. The van der Waals surface area contributed by atoms with E-state index in [2.05, 4.69) is 9.97 Å². The van der Waals surface area contributed by atoms with Crippen molar-refractivity contribution in [1.82, 2.24) is 9.97 Å². The average molecular weight is 207 g/mol. The van der Waals surface area contributed by atoms with Crippen LogP contribution in [0.4, 0.5) is 5.82 Å². The van der Waals surface area contributed by atoms with Gasteiger partial charge >= 0.3 is 0 Å². The lowest BCUT2D eigenvalue weighted by atomic mass is 10.5. The number of nitrogen functional groups attached to an aromatic ring is 1. The highest BCUT2D eigenvalue weighted by Gasteiger charge is 1.99. The van der Waals surface area contributed by atoms with Crippen LogP contribution in [0.15, 0.2) is 40.2 Å². The quantitative estimate of drug-likeness (QED) is 0.615. The van der Waals surface area contributed by atoms with Gasteiger partial charge in [-0.3, -0.25) is 0 Å². The van der Waals surface area contributed by atoms with Crippen molar-refractivity contribution >= 4 is 17.6 Å². The van der Waals surface area contributed by atoms with Crippen molar-refractivity contribution in [2.24, 2.45) is 0 Å². The van der Waals surface area contributed by atoms with Gasteiger partial charge in [-0.1, -0.05) is 11.8 Å². The Bertz CT molecular complexity index is 402. The lowest BCUT2D eigenvalue weighted by Gasteiger charge is -1.98. The fraction of sp³-hybridized carbons (Fsp3) is 0.111. The first-order valence-electron chi connectivity index (χ1n) is 4.07. The van der Waals surface area contributed by atoms with E-state index in [1.165, 1.54) is 6.33 Å². The van der Waals surface area contributed by atoms with Crippen molar-refractivity contribution in [2.75, 3.05) is 5.73 Å². The van der Waals surface area contributed by atoms with Gasteiger partial charge < -0.3 is 10.2 Å². The molecule has 0 saturated carbocycles. The molecule has 4 nitrogen and oxygen atoms in total. The molecule has 0 unspecified atom stereocenters. The van der Waals surface area contributed by atoms with Crippen LogP contribution >= 0.6 is 11.8 Å². The van der Waals surface area contributed by atoms with E-state index in [1.807, 2.05) is 12.1 Å². The van der Waals surface area contributed by atoms with Crippen LogP contribution in [0.1, 0.15) is 5.76 Å². The number of hydrogen-bond donors (Lipinski definition) is 1. The van der Waals surface area contributed by atoms with Crippen molar-refractivity contribution in [3.8, 4) is 0 Å². The minimum atomic E-state index is 0.488. The lowest BCUT2D eigenvalue weighted by molar-refractivity contribution is 0.530. The van der Waals surface area contributed by atoms with Crippen LogP contribution < -0.4 is 5.73 Å². The molecule has 0 aromatic carbocycles. The summed E-state index contributed by atoms with van der Waals surface area (Å²) in [6.45, 7) is 0. The van der Waals surface area contributed by atoms with Gasteiger partial charge in [-0.25, -0.2) is 9.97 Å². The van der Waals surface area contributed by atoms with Gasteiger partial charge in [0, 0.05) is 6.07 Å². The summed E-state index contributed by atoms with van der Waals surface area (Å²) in [5.41, 5.74) is 5.52. The summed E-state index contributed by atoms with van der Waals surface area (Å²) in [6, 6.07) is 5.54. The molecule has 0 aliphatic heterocycles. The minimum absolute atomic E-state index is 0.488. The van der Waals surface area contributed by atoms with Crippen LogP contribution in [0.25, 0.3) is 0 Å². The zero-order valence-electron chi connectivity index (χ0n) is 7.38. The SMILES string of the molecule is Nc1cc(SCc2ccco2)ncn1. The maximum atomic E-state index is 5.52. The van der Waals surface area contributed by atoms with E-state index in [-0.39, 0.29) is 0 Å². The third-order valence-electron chi connectivity index (χ3n) is 1.61. The first-order chi connectivity index (χ1) is 6.84. The van der Waals surface area contributed by atoms with E-state index in [9.17, 15) is 0 Å². The molecule has 2 aromatic heterocycles. The Morgan fingerprint density at radius 2 is 2.36 bits per heavy atom. The molecule has 0 spiro atoms. The number of aromatic nitrogens is 2. The molecule has 5 heteroatoms. The Labute approximate surface area is 85.6 Å².